The molecule has 0 N–H and O–H groups in total. The van der Waals surface area contributed by atoms with Gasteiger partial charge in [-0.05, 0) is 0 Å². The Morgan fingerprint density at radius 1 is 1.00 bits per heavy atom. The molecule has 6 heavy (non-hydrogen) atoms. The van der Waals surface area contributed by atoms with Crippen LogP contribution in [0, 0.1) is 0 Å². The molecular formula is H4CaFeMnMoSeZn. The third-order valence-corrected chi connectivity index (χ3v) is 0. The van der Waals surface area contributed by atoms with Crippen LogP contribution in [-0.2, 0) is 74.7 Å². The topological polar surface area (TPSA) is 0 Å². The molecule has 0 amide bonds. The van der Waals surface area contributed by atoms with Gasteiger partial charge in [0, 0.05) is 74.7 Å². The summed E-state index contributed by atoms with van der Waals surface area (Å²) in [5.74, 6) is 0. The minimum absolute atomic E-state index is 0. The van der Waals surface area contributed by atoms with Crippen molar-refractivity contribution in [1.29, 1.82) is 0 Å². The molecule has 0 bridgehead atoms. The van der Waals surface area contributed by atoms with Crippen molar-refractivity contribution in [3.8, 4) is 0 Å². The maximum absolute atomic E-state index is 0. The van der Waals surface area contributed by atoms with Gasteiger partial charge in [-0.15, -0.1) is 0 Å². The Balaban J connectivity index is 0. The second-order valence-electron chi connectivity index (χ2n) is 0. The number of rotatable bonds is 0. The SMILES string of the molecule is [CaH2].[Fe].[Mn].[Mo].[SeH2].[Zn]. The Labute approximate surface area is 127 Å². The van der Waals surface area contributed by atoms with E-state index in [1.165, 1.54) is 0 Å². The summed E-state index contributed by atoms with van der Waals surface area (Å²) in [5, 5.41) is 0. The molecule has 0 saturated carbocycles. The number of hydrogen-bond donors (Lipinski definition) is 0. The molecule has 0 saturated heterocycles. The van der Waals surface area contributed by atoms with Gasteiger partial charge in [-0.3, -0.25) is 0 Å². The van der Waals surface area contributed by atoms with Crippen LogP contribution in [0.1, 0.15) is 0 Å². The fourth-order valence-corrected chi connectivity index (χ4v) is 0. The first-order valence-electron chi connectivity index (χ1n) is 0. The van der Waals surface area contributed by atoms with Crippen molar-refractivity contribution in [3.63, 3.8) is 0 Å². The van der Waals surface area contributed by atoms with Gasteiger partial charge < -0.3 is 0 Å². The van der Waals surface area contributed by atoms with E-state index in [0.29, 0.717) is 0 Å². The van der Waals surface area contributed by atoms with E-state index in [4.69, 9.17) is 0 Å². The molecule has 0 heterocycles. The minimum atomic E-state index is 0. The molecule has 0 aliphatic rings. The van der Waals surface area contributed by atoms with Crippen LogP contribution in [0.5, 0.6) is 0 Å². The molecule has 0 rings (SSSR count). The van der Waals surface area contributed by atoms with Gasteiger partial charge in [0.2, 0.25) is 0 Å². The fraction of sp³-hybridized carbons (Fsp3) is 0. The van der Waals surface area contributed by atoms with Crippen molar-refractivity contribution in [2.75, 3.05) is 0 Å². The van der Waals surface area contributed by atoms with Crippen LogP contribution in [0.3, 0.4) is 0 Å². The third-order valence-electron chi connectivity index (χ3n) is 0. The summed E-state index contributed by atoms with van der Waals surface area (Å²) in [6, 6.07) is 0. The second kappa shape index (κ2) is 35.4. The molecule has 0 aliphatic heterocycles. The van der Waals surface area contributed by atoms with E-state index in [1.807, 2.05) is 0 Å². The largest absolute Gasteiger partial charge is 0 e. The zero-order valence-electron chi connectivity index (χ0n) is 2.35. The Kier molecular flexibility index (Phi) is 292. The third kappa shape index (κ3) is 24.2. The predicted octanol–water partition coefficient (Wildman–Crippen LogP) is -1.84. The van der Waals surface area contributed by atoms with Crippen LogP contribution in [-0.4, -0.2) is 54.8 Å². The first-order valence-corrected chi connectivity index (χ1v) is 0. The van der Waals surface area contributed by atoms with Crippen molar-refractivity contribution in [3.05, 3.63) is 0 Å². The average molecular weight is 395 g/mol. The van der Waals surface area contributed by atoms with Crippen LogP contribution >= 0.6 is 0 Å². The average Bonchev–Trinajstić information content (AvgIpc) is 0. The fourth-order valence-electron chi connectivity index (χ4n) is 0. The molecule has 0 spiro atoms. The van der Waals surface area contributed by atoms with Gasteiger partial charge in [-0.25, -0.2) is 0 Å². The summed E-state index contributed by atoms with van der Waals surface area (Å²) in [5.41, 5.74) is 0. The maximum Gasteiger partial charge on any atom is 0 e. The van der Waals surface area contributed by atoms with Gasteiger partial charge in [0.05, 0.1) is 0 Å². The van der Waals surface area contributed by atoms with Crippen LogP contribution in [0.15, 0.2) is 0 Å². The quantitative estimate of drug-likeness (QED) is 0.423. The zero-order chi connectivity index (χ0) is 0. The number of hydrogen-bond acceptors (Lipinski definition) is 0. The standard InChI is InChI=1S/Ca.Fe.Mn.Mo.H2Se.Zn.2H/h;;;;1H2;;;. The van der Waals surface area contributed by atoms with Gasteiger partial charge >= 0.3 is 54.8 Å². The first kappa shape index (κ1) is 49.5. The second-order valence-corrected chi connectivity index (χ2v) is 0. The summed E-state index contributed by atoms with van der Waals surface area (Å²) in [7, 11) is 0. The summed E-state index contributed by atoms with van der Waals surface area (Å²) in [4.78, 5) is 0. The Morgan fingerprint density at radius 2 is 1.00 bits per heavy atom. The molecule has 0 nitrogen and oxygen atoms in total. The van der Waals surface area contributed by atoms with Gasteiger partial charge in [0.25, 0.3) is 0 Å². The Bertz CT molecular complexity index is 15.5. The van der Waals surface area contributed by atoms with E-state index in [-0.39, 0.29) is 129 Å². The van der Waals surface area contributed by atoms with Crippen molar-refractivity contribution in [2.45, 2.75) is 0 Å². The van der Waals surface area contributed by atoms with Gasteiger partial charge in [-0.1, -0.05) is 0 Å². The van der Waals surface area contributed by atoms with Crippen molar-refractivity contribution in [1.82, 2.24) is 0 Å². The predicted molar refractivity (Wildman–Crippen MR) is 17.1 cm³/mol. The van der Waals surface area contributed by atoms with Crippen molar-refractivity contribution >= 4 is 54.8 Å². The van der Waals surface area contributed by atoms with Crippen molar-refractivity contribution < 1.29 is 74.7 Å². The van der Waals surface area contributed by atoms with E-state index in [0.717, 1.165) is 0 Å². The molecule has 0 fully saturated rings. The molecule has 0 aromatic rings. The Morgan fingerprint density at radius 3 is 1.00 bits per heavy atom. The zero-order valence-corrected chi connectivity index (χ0v) is 11.7. The molecular weight excluding hydrogens is 391 g/mol. The summed E-state index contributed by atoms with van der Waals surface area (Å²) >= 11 is 0. The molecule has 0 aromatic heterocycles. The molecule has 0 aromatic carbocycles. The minimum Gasteiger partial charge on any atom is 0 e. The monoisotopic (exact) mass is 397 g/mol. The van der Waals surface area contributed by atoms with E-state index in [1.54, 1.807) is 0 Å². The summed E-state index contributed by atoms with van der Waals surface area (Å²) in [6.07, 6.45) is 0. The van der Waals surface area contributed by atoms with Gasteiger partial charge in [0.15, 0.2) is 0 Å². The molecule has 0 atom stereocenters. The van der Waals surface area contributed by atoms with E-state index >= 15 is 0 Å². The first-order chi connectivity index (χ1) is 0. The summed E-state index contributed by atoms with van der Waals surface area (Å²) < 4.78 is 0. The van der Waals surface area contributed by atoms with Crippen LogP contribution in [0.2, 0.25) is 0 Å². The van der Waals surface area contributed by atoms with E-state index < -0.39 is 0 Å². The summed E-state index contributed by atoms with van der Waals surface area (Å²) in [6.45, 7) is 0. The smallest absolute Gasteiger partial charge is 0 e. The van der Waals surface area contributed by atoms with E-state index in [2.05, 4.69) is 0 Å². The molecule has 0 unspecified atom stereocenters. The van der Waals surface area contributed by atoms with Gasteiger partial charge in [-0.2, -0.15) is 0 Å². The van der Waals surface area contributed by atoms with Crippen LogP contribution < -0.4 is 0 Å². The van der Waals surface area contributed by atoms with Gasteiger partial charge in [0.1, 0.15) is 0 Å². The Hall–Kier alpha value is 4.13. The van der Waals surface area contributed by atoms with Crippen molar-refractivity contribution in [2.24, 2.45) is 0 Å². The molecule has 35 valence electrons. The van der Waals surface area contributed by atoms with Crippen LogP contribution in [0.4, 0.5) is 0 Å². The van der Waals surface area contributed by atoms with Crippen LogP contribution in [0.25, 0.3) is 0 Å². The molecule has 6 heteroatoms. The maximum atomic E-state index is 0. The molecule has 1 radical (unpaired) electrons. The van der Waals surface area contributed by atoms with E-state index in [9.17, 15) is 0 Å². The molecule has 0 aliphatic carbocycles. The normalized spacial score (nSPS) is 0.